The fraction of sp³-hybridized carbons (Fsp3) is 0.333. The van der Waals surface area contributed by atoms with Crippen molar-refractivity contribution in [2.24, 2.45) is 0 Å². The van der Waals surface area contributed by atoms with Gasteiger partial charge in [-0.25, -0.2) is 0 Å². The van der Waals surface area contributed by atoms with E-state index < -0.39 is 11.0 Å². The summed E-state index contributed by atoms with van der Waals surface area (Å²) in [6.45, 7) is 1.66. The van der Waals surface area contributed by atoms with E-state index in [4.69, 9.17) is 23.2 Å². The highest BCUT2D eigenvalue weighted by molar-refractivity contribution is 6.34. The van der Waals surface area contributed by atoms with Crippen molar-refractivity contribution in [1.82, 2.24) is 0 Å². The molecule has 64 valence electrons. The minimum absolute atomic E-state index is 0.498. The van der Waals surface area contributed by atoms with Gasteiger partial charge in [0.1, 0.15) is 6.10 Å². The van der Waals surface area contributed by atoms with Crippen molar-refractivity contribution < 1.29 is 5.11 Å². The number of aliphatic hydroxyl groups excluding tert-OH is 1. The van der Waals surface area contributed by atoms with E-state index in [1.165, 1.54) is 12.2 Å². The van der Waals surface area contributed by atoms with Crippen LogP contribution in [0.5, 0.6) is 0 Å². The van der Waals surface area contributed by atoms with E-state index in [1.54, 1.807) is 13.0 Å². The van der Waals surface area contributed by atoms with Gasteiger partial charge in [0.2, 0.25) is 0 Å². The van der Waals surface area contributed by atoms with E-state index in [1.807, 2.05) is 0 Å². The molecule has 1 aliphatic rings. The molecule has 1 aliphatic carbocycles. The lowest BCUT2D eigenvalue weighted by atomic mass is 9.97. The summed E-state index contributed by atoms with van der Waals surface area (Å²) < 4.78 is 0. The first-order valence-electron chi connectivity index (χ1n) is 3.46. The molecule has 0 bridgehead atoms. The van der Waals surface area contributed by atoms with Crippen molar-refractivity contribution in [2.45, 2.75) is 17.9 Å². The minimum Gasteiger partial charge on any atom is -0.386 e. The maximum Gasteiger partial charge on any atom is 0.154 e. The van der Waals surface area contributed by atoms with Crippen molar-refractivity contribution in [2.75, 3.05) is 0 Å². The summed E-state index contributed by atoms with van der Waals surface area (Å²) in [6, 6.07) is 0. The van der Waals surface area contributed by atoms with Gasteiger partial charge in [-0.3, -0.25) is 0 Å². The van der Waals surface area contributed by atoms with Crippen molar-refractivity contribution in [1.29, 1.82) is 0 Å². The predicted octanol–water partition coefficient (Wildman–Crippen LogP) is 2.04. The summed E-state index contributed by atoms with van der Waals surface area (Å²) in [5.41, 5.74) is 0. The van der Waals surface area contributed by atoms with Gasteiger partial charge in [-0.2, -0.15) is 0 Å². The van der Waals surface area contributed by atoms with Crippen LogP contribution in [-0.2, 0) is 0 Å². The van der Waals surface area contributed by atoms with Crippen LogP contribution in [0, 0.1) is 11.8 Å². The standard InChI is InChI=1S/C9H8Cl2O/c1-2-5-9(11)6-7(10)3-4-8(9)12/h3-4,6,8,12H,1H3/t8-,9+/m1/s1. The monoisotopic (exact) mass is 202 g/mol. The quantitative estimate of drug-likeness (QED) is 0.471. The zero-order valence-electron chi connectivity index (χ0n) is 6.51. The molecule has 1 nitrogen and oxygen atoms in total. The normalized spacial score (nSPS) is 33.7. The summed E-state index contributed by atoms with van der Waals surface area (Å²) in [6.07, 6.45) is 3.87. The van der Waals surface area contributed by atoms with Gasteiger partial charge in [-0.05, 0) is 19.1 Å². The first-order chi connectivity index (χ1) is 5.58. The fourth-order valence-electron chi connectivity index (χ4n) is 0.959. The topological polar surface area (TPSA) is 20.2 Å². The summed E-state index contributed by atoms with van der Waals surface area (Å²) in [4.78, 5) is -1.05. The number of rotatable bonds is 0. The Morgan fingerprint density at radius 1 is 1.67 bits per heavy atom. The number of hydrogen-bond donors (Lipinski definition) is 1. The van der Waals surface area contributed by atoms with Crippen LogP contribution in [0.3, 0.4) is 0 Å². The molecule has 3 heteroatoms. The lowest BCUT2D eigenvalue weighted by molar-refractivity contribution is 0.209. The number of allylic oxidation sites excluding steroid dienone is 2. The maximum absolute atomic E-state index is 9.45. The molecular formula is C9H8Cl2O. The third kappa shape index (κ3) is 1.84. The second kappa shape index (κ2) is 3.53. The van der Waals surface area contributed by atoms with Gasteiger partial charge in [0.15, 0.2) is 4.87 Å². The maximum atomic E-state index is 9.45. The third-order valence-electron chi connectivity index (χ3n) is 1.53. The van der Waals surface area contributed by atoms with Crippen LogP contribution in [-0.4, -0.2) is 16.1 Å². The first-order valence-corrected chi connectivity index (χ1v) is 4.21. The molecule has 12 heavy (non-hydrogen) atoms. The Bertz CT molecular complexity index is 295. The molecule has 1 rings (SSSR count). The summed E-state index contributed by atoms with van der Waals surface area (Å²) in [5.74, 6) is 5.34. The van der Waals surface area contributed by atoms with E-state index in [0.29, 0.717) is 5.03 Å². The van der Waals surface area contributed by atoms with Crippen LogP contribution >= 0.6 is 23.2 Å². The Labute approximate surface area is 81.7 Å². The van der Waals surface area contributed by atoms with E-state index >= 15 is 0 Å². The molecule has 1 N–H and O–H groups in total. The lowest BCUT2D eigenvalue weighted by Crippen LogP contribution is -2.33. The lowest BCUT2D eigenvalue weighted by Gasteiger charge is -2.24. The van der Waals surface area contributed by atoms with Gasteiger partial charge in [0.05, 0.1) is 0 Å². The molecule has 0 saturated heterocycles. The van der Waals surface area contributed by atoms with Gasteiger partial charge >= 0.3 is 0 Å². The zero-order valence-corrected chi connectivity index (χ0v) is 8.02. The van der Waals surface area contributed by atoms with Crippen LogP contribution in [0.4, 0.5) is 0 Å². The molecule has 0 unspecified atom stereocenters. The minimum atomic E-state index is -1.05. The summed E-state index contributed by atoms with van der Waals surface area (Å²) >= 11 is 11.7. The highest BCUT2D eigenvalue weighted by atomic mass is 35.5. The van der Waals surface area contributed by atoms with E-state index in [9.17, 15) is 5.11 Å². The molecule has 2 atom stereocenters. The molecule has 0 aromatic carbocycles. The molecule has 0 fully saturated rings. The van der Waals surface area contributed by atoms with Crippen LogP contribution in [0.15, 0.2) is 23.3 Å². The highest BCUT2D eigenvalue weighted by Gasteiger charge is 2.32. The average molecular weight is 203 g/mol. The SMILES string of the molecule is CC#C[C@]1(Cl)C=C(Cl)C=C[C@H]1O. The largest absolute Gasteiger partial charge is 0.386 e. The van der Waals surface area contributed by atoms with Gasteiger partial charge in [-0.1, -0.05) is 35.2 Å². The van der Waals surface area contributed by atoms with E-state index in [0.717, 1.165) is 0 Å². The predicted molar refractivity (Wildman–Crippen MR) is 51.1 cm³/mol. The van der Waals surface area contributed by atoms with Crippen LogP contribution in [0.1, 0.15) is 6.92 Å². The molecule has 0 radical (unpaired) electrons. The van der Waals surface area contributed by atoms with Crippen molar-refractivity contribution >= 4 is 23.2 Å². The molecule has 0 aliphatic heterocycles. The number of hydrogen-bond acceptors (Lipinski definition) is 1. The second-order valence-electron chi connectivity index (χ2n) is 2.48. The average Bonchev–Trinajstić information content (AvgIpc) is 1.98. The fourth-order valence-corrected chi connectivity index (χ4v) is 1.54. The third-order valence-corrected chi connectivity index (χ3v) is 2.19. The van der Waals surface area contributed by atoms with Gasteiger partial charge in [0, 0.05) is 5.03 Å². The van der Waals surface area contributed by atoms with Crippen LogP contribution in [0.2, 0.25) is 0 Å². The first kappa shape index (κ1) is 9.67. The Morgan fingerprint density at radius 3 is 2.92 bits per heavy atom. The molecule has 0 spiro atoms. The smallest absolute Gasteiger partial charge is 0.154 e. The van der Waals surface area contributed by atoms with Gasteiger partial charge < -0.3 is 5.11 Å². The van der Waals surface area contributed by atoms with E-state index in [-0.39, 0.29) is 0 Å². The van der Waals surface area contributed by atoms with Crippen LogP contribution < -0.4 is 0 Å². The molecule has 0 aromatic heterocycles. The van der Waals surface area contributed by atoms with Gasteiger partial charge in [-0.15, -0.1) is 5.92 Å². The van der Waals surface area contributed by atoms with Crippen molar-refractivity contribution in [3.05, 3.63) is 23.3 Å². The summed E-state index contributed by atoms with van der Waals surface area (Å²) in [7, 11) is 0. The van der Waals surface area contributed by atoms with Gasteiger partial charge in [0.25, 0.3) is 0 Å². The Morgan fingerprint density at radius 2 is 2.33 bits per heavy atom. The Hall–Kier alpha value is -0.420. The Balaban J connectivity index is 3.02. The van der Waals surface area contributed by atoms with Crippen molar-refractivity contribution in [3.8, 4) is 11.8 Å². The number of halogens is 2. The molecule has 0 aromatic rings. The molecular weight excluding hydrogens is 195 g/mol. The van der Waals surface area contributed by atoms with Crippen LogP contribution in [0.25, 0.3) is 0 Å². The summed E-state index contributed by atoms with van der Waals surface area (Å²) in [5, 5.41) is 9.95. The Kier molecular flexibility index (Phi) is 2.85. The number of alkyl halides is 1. The number of aliphatic hydroxyl groups is 1. The zero-order chi connectivity index (χ0) is 9.19. The highest BCUT2D eigenvalue weighted by Crippen LogP contribution is 2.29. The second-order valence-corrected chi connectivity index (χ2v) is 3.54. The molecule has 0 saturated carbocycles. The van der Waals surface area contributed by atoms with Crippen molar-refractivity contribution in [3.63, 3.8) is 0 Å². The molecule has 0 amide bonds. The van der Waals surface area contributed by atoms with E-state index in [2.05, 4.69) is 11.8 Å². The molecule has 0 heterocycles.